The molecule has 1 rings (SSSR count). The van der Waals surface area contributed by atoms with Crippen LogP contribution in [0.25, 0.3) is 0 Å². The highest BCUT2D eigenvalue weighted by atomic mass is 127. The van der Waals surface area contributed by atoms with Crippen molar-refractivity contribution in [3.63, 3.8) is 0 Å². The van der Waals surface area contributed by atoms with Gasteiger partial charge in [0.2, 0.25) is 5.28 Å². The molecular formula is C8H11ClIN3O2. The zero-order valence-electron chi connectivity index (χ0n) is 9.25. The Balaban J connectivity index is 2.73. The lowest BCUT2D eigenvalue weighted by Gasteiger charge is -2.14. The van der Waals surface area contributed by atoms with E-state index in [2.05, 4.69) is 15.3 Å². The number of anilines is 1. The lowest BCUT2D eigenvalue weighted by atomic mass is 10.5. The number of hydrogen-bond donors (Lipinski definition) is 1. The summed E-state index contributed by atoms with van der Waals surface area (Å²) in [4.78, 5) is 7.69. The second-order valence-corrected chi connectivity index (χ2v) is 3.97. The summed E-state index contributed by atoms with van der Waals surface area (Å²) in [5.41, 5.74) is 0. The predicted molar refractivity (Wildman–Crippen MR) is 66.1 cm³/mol. The number of rotatable bonds is 5. The average Bonchev–Trinajstić information content (AvgIpc) is 2.26. The second-order valence-electron chi connectivity index (χ2n) is 2.55. The van der Waals surface area contributed by atoms with E-state index < -0.39 is 0 Å². The van der Waals surface area contributed by atoms with Gasteiger partial charge in [-0.1, -0.05) is 0 Å². The Hall–Kier alpha value is -0.180. The van der Waals surface area contributed by atoms with Crippen molar-refractivity contribution in [1.82, 2.24) is 9.97 Å². The minimum absolute atomic E-state index is 0.0410. The van der Waals surface area contributed by atoms with Crippen molar-refractivity contribution in [3.05, 3.63) is 15.0 Å². The SMILES string of the molecule is [2H]c1nc(Cl)nc(NCC(OC)OC)c1I. The number of hydrogen-bond acceptors (Lipinski definition) is 5. The monoisotopic (exact) mass is 344 g/mol. The molecule has 1 heterocycles. The lowest BCUT2D eigenvalue weighted by Crippen LogP contribution is -2.24. The number of halogens is 2. The number of methoxy groups -OCH3 is 2. The third-order valence-electron chi connectivity index (χ3n) is 1.62. The Labute approximate surface area is 108 Å². The maximum Gasteiger partial charge on any atom is 0.224 e. The van der Waals surface area contributed by atoms with Crippen molar-refractivity contribution >= 4 is 40.0 Å². The molecule has 0 saturated heterocycles. The molecule has 0 aliphatic rings. The highest BCUT2D eigenvalue weighted by molar-refractivity contribution is 14.1. The minimum Gasteiger partial charge on any atom is -0.364 e. The fourth-order valence-electron chi connectivity index (χ4n) is 0.875. The topological polar surface area (TPSA) is 56.3 Å². The van der Waals surface area contributed by atoms with Crippen LogP contribution in [0, 0.1) is 3.57 Å². The molecule has 0 fully saturated rings. The average molecular weight is 345 g/mol. The van der Waals surface area contributed by atoms with Crippen molar-refractivity contribution in [2.24, 2.45) is 0 Å². The van der Waals surface area contributed by atoms with Gasteiger partial charge in [0.1, 0.15) is 5.82 Å². The van der Waals surface area contributed by atoms with Gasteiger partial charge in [-0.3, -0.25) is 0 Å². The predicted octanol–water partition coefficient (Wildman–Crippen LogP) is 1.77. The van der Waals surface area contributed by atoms with Crippen LogP contribution in [0.2, 0.25) is 5.28 Å². The molecule has 0 bridgehead atoms. The molecule has 84 valence electrons. The molecule has 1 aromatic heterocycles. The third-order valence-corrected chi connectivity index (χ3v) is 2.54. The molecule has 0 aromatic carbocycles. The summed E-state index contributed by atoms with van der Waals surface area (Å²) in [6.07, 6.45) is -0.284. The van der Waals surface area contributed by atoms with Gasteiger partial charge in [0, 0.05) is 20.4 Å². The van der Waals surface area contributed by atoms with Gasteiger partial charge in [-0.25, -0.2) is 4.98 Å². The van der Waals surface area contributed by atoms with Crippen LogP contribution >= 0.6 is 34.2 Å². The Morgan fingerprint density at radius 2 is 2.33 bits per heavy atom. The number of nitrogens with zero attached hydrogens (tertiary/aromatic N) is 2. The van der Waals surface area contributed by atoms with Crippen LogP contribution in [0.4, 0.5) is 5.82 Å². The third kappa shape index (κ3) is 4.06. The molecule has 0 saturated carbocycles. The zero-order valence-corrected chi connectivity index (χ0v) is 11.2. The lowest BCUT2D eigenvalue weighted by molar-refractivity contribution is -0.0914. The molecule has 1 aromatic rings. The summed E-state index contributed by atoms with van der Waals surface area (Å²) < 4.78 is 18.2. The van der Waals surface area contributed by atoms with E-state index in [4.69, 9.17) is 22.4 Å². The van der Waals surface area contributed by atoms with Crippen molar-refractivity contribution < 1.29 is 10.8 Å². The first-order chi connectivity index (χ1) is 7.58. The summed E-state index contributed by atoms with van der Waals surface area (Å²) >= 11 is 7.63. The molecule has 7 heteroatoms. The van der Waals surface area contributed by atoms with E-state index >= 15 is 0 Å². The summed E-state index contributed by atoms with van der Waals surface area (Å²) in [6.45, 7) is 0.412. The van der Waals surface area contributed by atoms with Crippen LogP contribution in [-0.4, -0.2) is 37.0 Å². The van der Waals surface area contributed by atoms with Crippen LogP contribution < -0.4 is 5.32 Å². The summed E-state index contributed by atoms with van der Waals surface area (Å²) in [5, 5.41) is 3.02. The van der Waals surface area contributed by atoms with Gasteiger partial charge in [-0.05, 0) is 34.2 Å². The molecule has 0 radical (unpaired) electrons. The fourth-order valence-corrected chi connectivity index (χ4v) is 1.43. The minimum atomic E-state index is -0.376. The summed E-state index contributed by atoms with van der Waals surface area (Å²) in [5.74, 6) is 0.504. The summed E-state index contributed by atoms with van der Waals surface area (Å²) in [7, 11) is 3.09. The first-order valence-electron chi connectivity index (χ1n) is 4.57. The molecule has 0 amide bonds. The van der Waals surface area contributed by atoms with E-state index in [0.29, 0.717) is 15.9 Å². The maximum atomic E-state index is 7.53. The van der Waals surface area contributed by atoms with Gasteiger partial charge in [0.15, 0.2) is 6.29 Å². The second kappa shape index (κ2) is 6.41. The number of aromatic nitrogens is 2. The molecule has 1 N–H and O–H groups in total. The fraction of sp³-hybridized carbons (Fsp3) is 0.500. The van der Waals surface area contributed by atoms with Crippen LogP contribution in [0.15, 0.2) is 6.17 Å². The van der Waals surface area contributed by atoms with E-state index in [0.717, 1.165) is 0 Å². The quantitative estimate of drug-likeness (QED) is 0.501. The van der Waals surface area contributed by atoms with Crippen molar-refractivity contribution in [3.8, 4) is 0 Å². The molecule has 0 spiro atoms. The smallest absolute Gasteiger partial charge is 0.224 e. The first-order valence-corrected chi connectivity index (χ1v) is 5.53. The molecule has 0 unspecified atom stereocenters. The maximum absolute atomic E-state index is 7.53. The van der Waals surface area contributed by atoms with Crippen molar-refractivity contribution in [1.29, 1.82) is 0 Å². The molecular weight excluding hydrogens is 332 g/mol. The Bertz CT molecular complexity index is 365. The first kappa shape index (κ1) is 11.3. The number of ether oxygens (including phenoxy) is 2. The van der Waals surface area contributed by atoms with Crippen LogP contribution in [0.3, 0.4) is 0 Å². The van der Waals surface area contributed by atoms with Gasteiger partial charge in [0.25, 0.3) is 0 Å². The molecule has 0 atom stereocenters. The Kier molecular flexibility index (Phi) is 4.84. The van der Waals surface area contributed by atoms with E-state index in [9.17, 15) is 0 Å². The van der Waals surface area contributed by atoms with Gasteiger partial charge < -0.3 is 14.8 Å². The van der Waals surface area contributed by atoms with E-state index in [-0.39, 0.29) is 17.7 Å². The molecule has 15 heavy (non-hydrogen) atoms. The van der Waals surface area contributed by atoms with Gasteiger partial charge >= 0.3 is 0 Å². The van der Waals surface area contributed by atoms with E-state index in [1.807, 2.05) is 22.6 Å². The van der Waals surface area contributed by atoms with Crippen LogP contribution in [-0.2, 0) is 9.47 Å². The van der Waals surface area contributed by atoms with Gasteiger partial charge in [0.05, 0.1) is 11.5 Å². The highest BCUT2D eigenvalue weighted by Crippen LogP contribution is 2.16. The van der Waals surface area contributed by atoms with E-state index in [1.54, 1.807) is 14.2 Å². The van der Waals surface area contributed by atoms with E-state index in [1.165, 1.54) is 0 Å². The Morgan fingerprint density at radius 1 is 1.67 bits per heavy atom. The zero-order chi connectivity index (χ0) is 12.1. The van der Waals surface area contributed by atoms with Crippen LogP contribution in [0.5, 0.6) is 0 Å². The summed E-state index contributed by atoms with van der Waals surface area (Å²) in [6, 6.07) is 0. The normalized spacial score (nSPS) is 11.7. The van der Waals surface area contributed by atoms with Gasteiger partial charge in [-0.2, -0.15) is 4.98 Å². The van der Waals surface area contributed by atoms with Crippen molar-refractivity contribution in [2.45, 2.75) is 6.29 Å². The molecule has 0 aliphatic heterocycles. The largest absolute Gasteiger partial charge is 0.364 e. The standard InChI is InChI=1S/C8H11ClIN3O2/c1-14-6(15-2)4-11-7-5(10)3-12-8(9)13-7/h3,6H,4H2,1-2H3,(H,11,12,13)/i3D. The molecule has 0 aliphatic carbocycles. The molecule has 5 nitrogen and oxygen atoms in total. The van der Waals surface area contributed by atoms with Crippen LogP contribution in [0.1, 0.15) is 1.37 Å². The highest BCUT2D eigenvalue weighted by Gasteiger charge is 2.07. The Morgan fingerprint density at radius 3 is 2.93 bits per heavy atom. The van der Waals surface area contributed by atoms with Gasteiger partial charge in [-0.15, -0.1) is 0 Å². The number of nitrogens with one attached hydrogen (secondary N) is 1. The van der Waals surface area contributed by atoms with Crippen molar-refractivity contribution in [2.75, 3.05) is 26.1 Å².